The molecule has 1 N–H and O–H groups in total. The molecule has 0 aliphatic carbocycles. The Morgan fingerprint density at radius 3 is 3.00 bits per heavy atom. The van der Waals surface area contributed by atoms with Crippen LogP contribution in [-0.2, 0) is 19.4 Å². The first-order valence-corrected chi connectivity index (χ1v) is 8.34. The molecular weight excluding hydrogens is 342 g/mol. The third kappa shape index (κ3) is 4.57. The van der Waals surface area contributed by atoms with Gasteiger partial charge in [0.25, 0.3) is 0 Å². The molecule has 1 aromatic carbocycles. The lowest BCUT2D eigenvalue weighted by Crippen LogP contribution is -2.02. The van der Waals surface area contributed by atoms with Gasteiger partial charge in [-0.3, -0.25) is 0 Å². The Hall–Kier alpha value is -2.32. The number of benzene rings is 1. The number of anilines is 2. The number of hydrogen-bond donors (Lipinski definition) is 1. The zero-order chi connectivity index (χ0) is 16.7. The van der Waals surface area contributed by atoms with E-state index in [1.54, 1.807) is 25.1 Å². The molecule has 23 heavy (non-hydrogen) atoms. The van der Waals surface area contributed by atoms with E-state index in [2.05, 4.69) is 24.8 Å². The van der Waals surface area contributed by atoms with E-state index in [4.69, 9.17) is 16.4 Å². The zero-order valence-corrected chi connectivity index (χ0v) is 13.5. The summed E-state index contributed by atoms with van der Waals surface area (Å²) >= 11 is 5.69. The minimum Gasteiger partial charge on any atom is -0.324 e. The summed E-state index contributed by atoms with van der Waals surface area (Å²) in [5.74, 6) is 1.72. The topological polar surface area (TPSA) is 106 Å². The van der Waals surface area contributed by atoms with E-state index in [0.29, 0.717) is 5.69 Å². The molecular formula is C13H12ClN5O3S. The highest BCUT2D eigenvalue weighted by molar-refractivity contribution is 7.96. The van der Waals surface area contributed by atoms with Crippen LogP contribution in [0.2, 0.25) is 5.28 Å². The highest BCUT2D eigenvalue weighted by Gasteiger charge is 2.12. The molecule has 0 saturated heterocycles. The maximum Gasteiger partial charge on any atom is 0.231 e. The van der Waals surface area contributed by atoms with Gasteiger partial charge < -0.3 is 5.32 Å². The SMILES string of the molecule is CCON=S(=O)(C=C=O)c1cccc(Nc2ncnc(Cl)n2)c1. The number of rotatable bonds is 6. The summed E-state index contributed by atoms with van der Waals surface area (Å²) < 4.78 is 16.3. The summed E-state index contributed by atoms with van der Waals surface area (Å²) in [7, 11) is -3.17. The fourth-order valence-electron chi connectivity index (χ4n) is 1.55. The summed E-state index contributed by atoms with van der Waals surface area (Å²) in [5.41, 5.74) is 0.531. The predicted octanol–water partition coefficient (Wildman–Crippen LogP) is 2.39. The Morgan fingerprint density at radius 2 is 2.30 bits per heavy atom. The van der Waals surface area contributed by atoms with Gasteiger partial charge in [-0.05, 0) is 36.7 Å². The first kappa shape index (κ1) is 17.0. The maximum absolute atomic E-state index is 12.7. The van der Waals surface area contributed by atoms with Crippen LogP contribution < -0.4 is 5.32 Å². The maximum atomic E-state index is 12.7. The average Bonchev–Trinajstić information content (AvgIpc) is 2.53. The van der Waals surface area contributed by atoms with Crippen molar-refractivity contribution in [2.75, 3.05) is 11.9 Å². The fourth-order valence-corrected chi connectivity index (χ4v) is 2.90. The van der Waals surface area contributed by atoms with Gasteiger partial charge in [0.15, 0.2) is 0 Å². The number of carbonyl (C=O) groups excluding carboxylic acids is 1. The van der Waals surface area contributed by atoms with Crippen molar-refractivity contribution in [2.24, 2.45) is 4.53 Å². The van der Waals surface area contributed by atoms with Crippen LogP contribution in [0.4, 0.5) is 11.6 Å². The van der Waals surface area contributed by atoms with Gasteiger partial charge in [-0.1, -0.05) is 10.6 Å². The van der Waals surface area contributed by atoms with Crippen LogP contribution in [0.15, 0.2) is 45.4 Å². The van der Waals surface area contributed by atoms with Crippen molar-refractivity contribution in [1.82, 2.24) is 15.0 Å². The number of aromatic nitrogens is 3. The van der Waals surface area contributed by atoms with Gasteiger partial charge in [0.1, 0.15) is 27.4 Å². The van der Waals surface area contributed by atoms with Gasteiger partial charge >= 0.3 is 0 Å². The first-order valence-electron chi connectivity index (χ1n) is 6.38. The van der Waals surface area contributed by atoms with Gasteiger partial charge in [0, 0.05) is 5.69 Å². The van der Waals surface area contributed by atoms with Crippen LogP contribution in [0.1, 0.15) is 6.92 Å². The fraction of sp³-hybridized carbons (Fsp3) is 0.154. The van der Waals surface area contributed by atoms with Crippen molar-refractivity contribution in [3.63, 3.8) is 0 Å². The number of nitrogens with one attached hydrogen (secondary N) is 1. The van der Waals surface area contributed by atoms with E-state index in [1.165, 1.54) is 18.3 Å². The van der Waals surface area contributed by atoms with Crippen molar-refractivity contribution < 1.29 is 13.8 Å². The number of nitrogens with zero attached hydrogens (tertiary/aromatic N) is 4. The molecule has 8 nitrogen and oxygen atoms in total. The summed E-state index contributed by atoms with van der Waals surface area (Å²) in [4.78, 5) is 27.2. The Balaban J connectivity index is 2.39. The minimum absolute atomic E-state index is 0.0395. The van der Waals surface area contributed by atoms with Crippen LogP contribution in [0, 0.1) is 0 Å². The van der Waals surface area contributed by atoms with Crippen molar-refractivity contribution in [2.45, 2.75) is 11.8 Å². The molecule has 0 bridgehead atoms. The lowest BCUT2D eigenvalue weighted by Gasteiger charge is -2.08. The minimum atomic E-state index is -3.17. The lowest BCUT2D eigenvalue weighted by molar-refractivity contribution is 0.163. The zero-order valence-electron chi connectivity index (χ0n) is 12.0. The van der Waals surface area contributed by atoms with E-state index >= 15 is 0 Å². The summed E-state index contributed by atoms with van der Waals surface area (Å²) in [6, 6.07) is 6.44. The molecule has 2 aromatic rings. The van der Waals surface area contributed by atoms with E-state index in [-0.39, 0.29) is 22.7 Å². The summed E-state index contributed by atoms with van der Waals surface area (Å²) in [6.07, 6.45) is 1.25. The lowest BCUT2D eigenvalue weighted by atomic mass is 10.3. The van der Waals surface area contributed by atoms with Crippen molar-refractivity contribution in [1.29, 1.82) is 0 Å². The first-order chi connectivity index (χ1) is 11.1. The molecule has 1 aromatic heterocycles. The standard InChI is InChI=1S/C13H12ClN5O3S/c1-2-22-19-23(21,7-6-20)11-5-3-4-10(8-11)17-13-16-9-15-12(14)18-13/h3-5,7-9H,2H2,1H3,(H,15,16,17,18). The molecule has 1 unspecified atom stereocenters. The molecule has 0 fully saturated rings. The Bertz CT molecular complexity index is 860. The predicted molar refractivity (Wildman–Crippen MR) is 85.3 cm³/mol. The van der Waals surface area contributed by atoms with Gasteiger partial charge in [0.05, 0.1) is 11.5 Å². The smallest absolute Gasteiger partial charge is 0.231 e. The van der Waals surface area contributed by atoms with Gasteiger partial charge in [-0.15, -0.1) is 0 Å². The number of halogens is 1. The van der Waals surface area contributed by atoms with Crippen LogP contribution in [0.3, 0.4) is 0 Å². The molecule has 10 heteroatoms. The quantitative estimate of drug-likeness (QED) is 0.627. The Morgan fingerprint density at radius 1 is 1.48 bits per heavy atom. The molecule has 1 atom stereocenters. The molecule has 0 amide bonds. The second kappa shape index (κ2) is 7.80. The molecule has 0 radical (unpaired) electrons. The van der Waals surface area contributed by atoms with E-state index in [9.17, 15) is 9.00 Å². The van der Waals surface area contributed by atoms with E-state index in [1.807, 2.05) is 0 Å². The molecule has 2 rings (SSSR count). The van der Waals surface area contributed by atoms with Crippen LogP contribution >= 0.6 is 11.6 Å². The Kier molecular flexibility index (Phi) is 5.78. The Labute approximate surface area is 137 Å². The van der Waals surface area contributed by atoms with Gasteiger partial charge in [0.2, 0.25) is 11.2 Å². The monoisotopic (exact) mass is 353 g/mol. The average molecular weight is 354 g/mol. The van der Waals surface area contributed by atoms with Gasteiger partial charge in [-0.2, -0.15) is 4.98 Å². The number of hydrogen-bond acceptors (Lipinski definition) is 8. The summed E-state index contributed by atoms with van der Waals surface area (Å²) in [5, 5.41) is 3.76. The second-order valence-corrected chi connectivity index (χ2v) is 6.36. The highest BCUT2D eigenvalue weighted by Crippen LogP contribution is 2.21. The molecule has 0 aliphatic heterocycles. The van der Waals surface area contributed by atoms with Crippen LogP contribution in [0.5, 0.6) is 0 Å². The third-order valence-corrected chi connectivity index (χ3v) is 4.32. The third-order valence-electron chi connectivity index (χ3n) is 2.47. The molecule has 120 valence electrons. The van der Waals surface area contributed by atoms with Crippen molar-refractivity contribution in [3.8, 4) is 0 Å². The normalized spacial score (nSPS) is 12.8. The molecule has 0 spiro atoms. The van der Waals surface area contributed by atoms with Crippen molar-refractivity contribution >= 4 is 38.9 Å². The largest absolute Gasteiger partial charge is 0.324 e. The summed E-state index contributed by atoms with van der Waals surface area (Å²) in [6.45, 7) is 1.92. The van der Waals surface area contributed by atoms with E-state index in [0.717, 1.165) is 5.41 Å². The molecule has 0 saturated carbocycles. The molecule has 0 aliphatic rings. The molecule has 1 heterocycles. The van der Waals surface area contributed by atoms with Gasteiger partial charge in [-0.25, -0.2) is 23.8 Å². The highest BCUT2D eigenvalue weighted by atomic mass is 35.5. The van der Waals surface area contributed by atoms with Crippen LogP contribution in [0.25, 0.3) is 0 Å². The van der Waals surface area contributed by atoms with Crippen molar-refractivity contribution in [3.05, 3.63) is 41.3 Å². The second-order valence-electron chi connectivity index (χ2n) is 4.03. The van der Waals surface area contributed by atoms with E-state index < -0.39 is 9.73 Å². The van der Waals surface area contributed by atoms with Crippen LogP contribution in [-0.4, -0.2) is 31.7 Å².